The predicted molar refractivity (Wildman–Crippen MR) is 50.4 cm³/mol. The Balaban J connectivity index is 3.98. The Morgan fingerprint density at radius 2 is 1.04 bits per heavy atom. The first-order valence-electron chi connectivity index (χ1n) is 5.99. The lowest BCUT2D eigenvalue weighted by atomic mass is 9.99. The topological polar surface area (TPSA) is 23.6 Å². The number of carbonyl (C=O) groups is 1. The Kier molecular flexibility index (Phi) is 5.24. The molecule has 1 rings (SSSR count). The molecule has 0 amide bonds. The molecule has 28 heavy (non-hydrogen) atoms. The fraction of sp³-hybridized carbons (Fsp3) is 0.889. The van der Waals surface area contributed by atoms with Gasteiger partial charge in [0.2, 0.25) is 0 Å². The summed E-state index contributed by atoms with van der Waals surface area (Å²) in [6, 6.07) is -42.6. The normalized spacial score (nSPS) is 27.3. The van der Waals surface area contributed by atoms with E-state index in [2.05, 4.69) is 0 Å². The van der Waals surface area contributed by atoms with Gasteiger partial charge in [0, 0.05) is 0 Å². The summed E-state index contributed by atoms with van der Waals surface area (Å²) in [5.74, 6) is 0. The fourth-order valence-corrected chi connectivity index (χ4v) is 2.00. The van der Waals surface area contributed by atoms with E-state index in [1.807, 2.05) is 0 Å². The molecule has 1 aliphatic heterocycles. The molecule has 1 unspecified atom stereocenters. The Labute approximate surface area is 141 Å². The van der Waals surface area contributed by atoms with Crippen LogP contribution in [0.3, 0.4) is 0 Å². The van der Waals surface area contributed by atoms with E-state index in [9.17, 15) is 75.0 Å². The number of alkyl halides is 15. The Morgan fingerprint density at radius 3 is 1.25 bits per heavy atom. The highest BCUT2D eigenvalue weighted by Crippen LogP contribution is 2.63. The molecule has 0 aromatic rings. The standard InChI is InChI=1S/C9H2F16N2O/c10-1-26-6(18,19)8(22,23)27(9(24,25)7(26,20)21)5(16,17)3(12,2(11)28)4(13,14)15/h1H2. The van der Waals surface area contributed by atoms with Crippen molar-refractivity contribution in [2.45, 2.75) is 42.1 Å². The number of hydrogen-bond donors (Lipinski definition) is 0. The SMILES string of the molecule is O=C(F)C(F)(C(F)(F)F)C(F)(F)N1C(F)(F)C(F)(F)N(CF)C(F)(F)C1(F)F. The molecule has 19 heteroatoms. The summed E-state index contributed by atoms with van der Waals surface area (Å²) in [6.07, 6.45) is -7.68. The maximum absolute atomic E-state index is 13.6. The lowest BCUT2D eigenvalue weighted by Gasteiger charge is -2.55. The highest BCUT2D eigenvalue weighted by atomic mass is 19.4. The molecule has 0 aromatic heterocycles. The van der Waals surface area contributed by atoms with Gasteiger partial charge in [0.05, 0.1) is 0 Å². The summed E-state index contributed by atoms with van der Waals surface area (Å²) in [6.45, 7) is -3.59. The average Bonchev–Trinajstić information content (AvgIpc) is 2.42. The molecule has 0 saturated carbocycles. The minimum Gasteiger partial charge on any atom is -0.257 e. The maximum atomic E-state index is 13.6. The minimum atomic E-state index is -8.10. The van der Waals surface area contributed by atoms with E-state index in [0.29, 0.717) is 0 Å². The van der Waals surface area contributed by atoms with E-state index in [1.165, 1.54) is 0 Å². The second-order valence-corrected chi connectivity index (χ2v) is 5.02. The van der Waals surface area contributed by atoms with Crippen molar-refractivity contribution in [2.24, 2.45) is 0 Å². The van der Waals surface area contributed by atoms with Gasteiger partial charge in [-0.25, -0.2) is 8.78 Å². The molecular formula is C9H2F16N2O. The first-order chi connectivity index (χ1) is 12.0. The number of rotatable bonds is 4. The van der Waals surface area contributed by atoms with Gasteiger partial charge in [-0.05, 0) is 0 Å². The van der Waals surface area contributed by atoms with Crippen molar-refractivity contribution in [3.05, 3.63) is 0 Å². The fourth-order valence-electron chi connectivity index (χ4n) is 2.00. The lowest BCUT2D eigenvalue weighted by molar-refractivity contribution is -0.550. The highest BCUT2D eigenvalue weighted by Gasteiger charge is 2.93. The first kappa shape index (κ1) is 24.5. The van der Waals surface area contributed by atoms with Crippen molar-refractivity contribution in [1.29, 1.82) is 0 Å². The Morgan fingerprint density at radius 1 is 0.714 bits per heavy atom. The van der Waals surface area contributed by atoms with Gasteiger partial charge in [0.25, 0.3) is 0 Å². The molecule has 1 atom stereocenters. The molecule has 0 spiro atoms. The number of halogens is 16. The van der Waals surface area contributed by atoms with Crippen LogP contribution in [0.15, 0.2) is 0 Å². The van der Waals surface area contributed by atoms with Crippen LogP contribution in [0.25, 0.3) is 0 Å². The highest BCUT2D eigenvalue weighted by molar-refractivity contribution is 5.81. The van der Waals surface area contributed by atoms with Gasteiger partial charge in [0.15, 0.2) is 6.80 Å². The van der Waals surface area contributed by atoms with Crippen LogP contribution >= 0.6 is 0 Å². The molecule has 0 aliphatic carbocycles. The molecule has 166 valence electrons. The van der Waals surface area contributed by atoms with Crippen LogP contribution in [0.2, 0.25) is 0 Å². The molecule has 1 heterocycles. The molecule has 1 fully saturated rings. The largest absolute Gasteiger partial charge is 0.440 e. The van der Waals surface area contributed by atoms with Crippen molar-refractivity contribution in [2.75, 3.05) is 6.80 Å². The van der Waals surface area contributed by atoms with Gasteiger partial charge in [-0.1, -0.05) is 0 Å². The Hall–Kier alpha value is -1.53. The van der Waals surface area contributed by atoms with Crippen LogP contribution in [0.5, 0.6) is 0 Å². The third kappa shape index (κ3) is 2.57. The van der Waals surface area contributed by atoms with Gasteiger partial charge >= 0.3 is 48.1 Å². The van der Waals surface area contributed by atoms with Crippen molar-refractivity contribution >= 4 is 6.04 Å². The zero-order chi connectivity index (χ0) is 22.9. The second kappa shape index (κ2) is 5.99. The van der Waals surface area contributed by atoms with Crippen LogP contribution < -0.4 is 0 Å². The van der Waals surface area contributed by atoms with E-state index in [0.717, 1.165) is 0 Å². The van der Waals surface area contributed by atoms with Crippen LogP contribution in [-0.2, 0) is 4.79 Å². The number of hydrogen-bond acceptors (Lipinski definition) is 3. The van der Waals surface area contributed by atoms with Crippen LogP contribution in [0.1, 0.15) is 0 Å². The molecule has 3 nitrogen and oxygen atoms in total. The minimum absolute atomic E-state index is 3.00. The monoisotopic (exact) mass is 458 g/mol. The third-order valence-corrected chi connectivity index (χ3v) is 3.44. The van der Waals surface area contributed by atoms with Crippen molar-refractivity contribution in [3.8, 4) is 0 Å². The summed E-state index contributed by atoms with van der Waals surface area (Å²) in [7, 11) is 0. The molecular weight excluding hydrogens is 456 g/mol. The maximum Gasteiger partial charge on any atom is 0.440 e. The average molecular weight is 458 g/mol. The zero-order valence-corrected chi connectivity index (χ0v) is 12.1. The van der Waals surface area contributed by atoms with Crippen molar-refractivity contribution in [3.63, 3.8) is 0 Å². The van der Waals surface area contributed by atoms with E-state index >= 15 is 0 Å². The summed E-state index contributed by atoms with van der Waals surface area (Å²) in [5, 5.41) is 0. The summed E-state index contributed by atoms with van der Waals surface area (Å²) < 4.78 is 210. The van der Waals surface area contributed by atoms with Crippen LogP contribution in [0.4, 0.5) is 70.2 Å². The smallest absolute Gasteiger partial charge is 0.257 e. The van der Waals surface area contributed by atoms with Gasteiger partial charge in [-0.15, -0.1) is 9.80 Å². The molecule has 0 radical (unpaired) electrons. The van der Waals surface area contributed by atoms with Gasteiger partial charge in [-0.2, -0.15) is 61.5 Å². The zero-order valence-electron chi connectivity index (χ0n) is 12.1. The van der Waals surface area contributed by atoms with E-state index in [-0.39, 0.29) is 0 Å². The summed E-state index contributed by atoms with van der Waals surface area (Å²) >= 11 is 0. The molecule has 1 saturated heterocycles. The predicted octanol–water partition coefficient (Wildman–Crippen LogP) is 4.26. The quantitative estimate of drug-likeness (QED) is 0.358. The first-order valence-corrected chi connectivity index (χ1v) is 5.99. The molecule has 0 aromatic carbocycles. The number of carbonyl (C=O) groups excluding carboxylic acids is 1. The summed E-state index contributed by atoms with van der Waals surface area (Å²) in [4.78, 5) is 2.76. The van der Waals surface area contributed by atoms with Crippen molar-refractivity contribution < 1.29 is 75.0 Å². The second-order valence-electron chi connectivity index (χ2n) is 5.02. The van der Waals surface area contributed by atoms with Gasteiger partial charge in [-0.3, -0.25) is 4.79 Å². The van der Waals surface area contributed by atoms with E-state index in [1.54, 1.807) is 0 Å². The molecule has 0 bridgehead atoms. The lowest BCUT2D eigenvalue weighted by Crippen LogP contribution is -2.86. The van der Waals surface area contributed by atoms with Gasteiger partial charge < -0.3 is 0 Å². The third-order valence-electron chi connectivity index (χ3n) is 3.44. The van der Waals surface area contributed by atoms with Crippen LogP contribution in [-0.4, -0.2) is 64.7 Å². The number of nitrogens with zero attached hydrogens (tertiary/aromatic N) is 2. The number of piperazine rings is 1. The molecule has 0 N–H and O–H groups in total. The van der Waals surface area contributed by atoms with Crippen LogP contribution in [0, 0.1) is 0 Å². The molecule has 1 aliphatic rings. The van der Waals surface area contributed by atoms with Crippen molar-refractivity contribution in [1.82, 2.24) is 9.80 Å². The summed E-state index contributed by atoms with van der Waals surface area (Å²) in [5.41, 5.74) is -7.73. The Bertz CT molecular complexity index is 615. The van der Waals surface area contributed by atoms with E-state index < -0.39 is 64.7 Å². The van der Waals surface area contributed by atoms with E-state index in [4.69, 9.17) is 0 Å². The van der Waals surface area contributed by atoms with Gasteiger partial charge in [0.1, 0.15) is 0 Å².